The van der Waals surface area contributed by atoms with Crippen LogP contribution in [0.3, 0.4) is 0 Å². The number of fused-ring (bicyclic) bond motifs is 1. The van der Waals surface area contributed by atoms with Crippen LogP contribution in [-0.4, -0.2) is 48.6 Å². The van der Waals surface area contributed by atoms with Crippen LogP contribution in [0, 0.1) is 5.92 Å². The zero-order chi connectivity index (χ0) is 18.6. The summed E-state index contributed by atoms with van der Waals surface area (Å²) in [6.45, 7) is 1.98. The molecule has 1 fully saturated rings. The number of carbonyl (C=O) groups excluding carboxylic acids is 1. The Kier molecular flexibility index (Phi) is 5.14. The third-order valence-corrected chi connectivity index (χ3v) is 5.35. The van der Waals surface area contributed by atoms with Gasteiger partial charge in [0.2, 0.25) is 5.91 Å². The quantitative estimate of drug-likeness (QED) is 0.900. The lowest BCUT2D eigenvalue weighted by Gasteiger charge is -2.35. The smallest absolute Gasteiger partial charge is 0.229 e. The highest BCUT2D eigenvalue weighted by Gasteiger charge is 2.32. The van der Waals surface area contributed by atoms with Gasteiger partial charge in [-0.2, -0.15) is 0 Å². The van der Waals surface area contributed by atoms with Gasteiger partial charge in [-0.1, -0.05) is 12.1 Å². The summed E-state index contributed by atoms with van der Waals surface area (Å²) in [5.41, 5.74) is 1.08. The third-order valence-electron chi connectivity index (χ3n) is 5.35. The normalized spacial score (nSPS) is 19.7. The van der Waals surface area contributed by atoms with Crippen molar-refractivity contribution < 1.29 is 14.3 Å². The predicted octanol–water partition coefficient (Wildman–Crippen LogP) is 2.74. The molecule has 0 unspecified atom stereocenters. The average molecular weight is 367 g/mol. The van der Waals surface area contributed by atoms with E-state index in [-0.39, 0.29) is 11.8 Å². The minimum Gasteiger partial charge on any atom is -0.497 e. The van der Waals surface area contributed by atoms with Crippen LogP contribution in [0.15, 0.2) is 42.6 Å². The molecule has 2 aromatic rings. The molecular formula is C21H25N3O3. The maximum Gasteiger partial charge on any atom is 0.229 e. The molecule has 0 spiro atoms. The van der Waals surface area contributed by atoms with E-state index >= 15 is 0 Å². The zero-order valence-corrected chi connectivity index (χ0v) is 15.6. The maximum absolute atomic E-state index is 12.9. The maximum atomic E-state index is 12.9. The molecule has 1 saturated heterocycles. The fourth-order valence-electron chi connectivity index (χ4n) is 3.80. The molecule has 2 aliphatic rings. The van der Waals surface area contributed by atoms with Crippen LogP contribution in [0.25, 0.3) is 0 Å². The monoisotopic (exact) mass is 367 g/mol. The van der Waals surface area contributed by atoms with Gasteiger partial charge in [0, 0.05) is 31.4 Å². The van der Waals surface area contributed by atoms with Crippen molar-refractivity contribution in [2.24, 2.45) is 5.92 Å². The Hall–Kier alpha value is -2.76. The van der Waals surface area contributed by atoms with E-state index in [4.69, 9.17) is 9.47 Å². The number of benzene rings is 1. The van der Waals surface area contributed by atoms with Crippen molar-refractivity contribution in [1.29, 1.82) is 0 Å². The molecule has 1 amide bonds. The van der Waals surface area contributed by atoms with E-state index in [0.717, 1.165) is 55.2 Å². The van der Waals surface area contributed by atoms with Crippen LogP contribution in [-0.2, 0) is 11.2 Å². The summed E-state index contributed by atoms with van der Waals surface area (Å²) < 4.78 is 11.1. The van der Waals surface area contributed by atoms with Crippen molar-refractivity contribution in [1.82, 2.24) is 9.88 Å². The molecular weight excluding hydrogens is 342 g/mol. The van der Waals surface area contributed by atoms with Gasteiger partial charge in [-0.05, 0) is 43.0 Å². The molecule has 27 heavy (non-hydrogen) atoms. The fraction of sp³-hybridized carbons (Fsp3) is 0.429. The Labute approximate surface area is 159 Å². The summed E-state index contributed by atoms with van der Waals surface area (Å²) in [5.74, 6) is 2.60. The van der Waals surface area contributed by atoms with Crippen LogP contribution >= 0.6 is 0 Å². The van der Waals surface area contributed by atoms with Crippen LogP contribution in [0.5, 0.6) is 11.5 Å². The van der Waals surface area contributed by atoms with Gasteiger partial charge in [-0.3, -0.25) is 4.79 Å². The molecule has 2 aliphatic heterocycles. The summed E-state index contributed by atoms with van der Waals surface area (Å²) in [4.78, 5) is 19.2. The Bertz CT molecular complexity index is 789. The highest BCUT2D eigenvalue weighted by molar-refractivity contribution is 5.80. The Morgan fingerprint density at radius 1 is 1.26 bits per heavy atom. The highest BCUT2D eigenvalue weighted by Crippen LogP contribution is 2.32. The van der Waals surface area contributed by atoms with E-state index in [1.54, 1.807) is 13.3 Å². The SMILES string of the molecule is COc1ccc2c(c1)OC[C@@H](C(=O)N1CCC(Nc3ccccn3)CC1)C2. The van der Waals surface area contributed by atoms with Crippen molar-refractivity contribution in [3.8, 4) is 11.5 Å². The van der Waals surface area contributed by atoms with Gasteiger partial charge in [0.05, 0.1) is 13.0 Å². The topological polar surface area (TPSA) is 63.7 Å². The number of pyridine rings is 1. The van der Waals surface area contributed by atoms with Gasteiger partial charge < -0.3 is 19.7 Å². The Balaban J connectivity index is 1.32. The standard InChI is InChI=1S/C21H25N3O3/c1-26-18-6-5-15-12-16(14-27-19(15)13-18)21(25)24-10-7-17(8-11-24)23-20-4-2-3-9-22-20/h2-6,9,13,16-17H,7-8,10-12,14H2,1H3,(H,22,23)/t16-/m0/s1. The average Bonchev–Trinajstić information content (AvgIpc) is 2.74. The lowest BCUT2D eigenvalue weighted by atomic mass is 9.94. The van der Waals surface area contributed by atoms with Gasteiger partial charge in [0.25, 0.3) is 0 Å². The summed E-state index contributed by atoms with van der Waals surface area (Å²) in [7, 11) is 1.64. The van der Waals surface area contributed by atoms with Crippen molar-refractivity contribution in [3.63, 3.8) is 0 Å². The largest absolute Gasteiger partial charge is 0.497 e. The number of hydrogen-bond donors (Lipinski definition) is 1. The number of carbonyl (C=O) groups is 1. The summed E-state index contributed by atoms with van der Waals surface area (Å²) >= 11 is 0. The molecule has 142 valence electrons. The molecule has 3 heterocycles. The first-order chi connectivity index (χ1) is 13.2. The van der Waals surface area contributed by atoms with E-state index in [1.165, 1.54) is 0 Å². The van der Waals surface area contributed by atoms with Crippen molar-refractivity contribution >= 4 is 11.7 Å². The van der Waals surface area contributed by atoms with E-state index in [1.807, 2.05) is 41.3 Å². The molecule has 0 bridgehead atoms. The minimum atomic E-state index is -0.105. The molecule has 1 N–H and O–H groups in total. The first-order valence-corrected chi connectivity index (χ1v) is 9.49. The van der Waals surface area contributed by atoms with Gasteiger partial charge in [0.1, 0.15) is 23.9 Å². The number of rotatable bonds is 4. The lowest BCUT2D eigenvalue weighted by molar-refractivity contribution is -0.137. The van der Waals surface area contributed by atoms with Gasteiger partial charge in [-0.25, -0.2) is 4.98 Å². The predicted molar refractivity (Wildman–Crippen MR) is 103 cm³/mol. The van der Waals surface area contributed by atoms with E-state index in [2.05, 4.69) is 10.3 Å². The number of anilines is 1. The summed E-state index contributed by atoms with van der Waals surface area (Å²) in [6, 6.07) is 12.0. The number of amides is 1. The van der Waals surface area contributed by atoms with E-state index in [0.29, 0.717) is 12.6 Å². The van der Waals surface area contributed by atoms with Gasteiger partial charge >= 0.3 is 0 Å². The number of nitrogens with zero attached hydrogens (tertiary/aromatic N) is 2. The molecule has 0 radical (unpaired) electrons. The second-order valence-electron chi connectivity index (χ2n) is 7.14. The summed E-state index contributed by atoms with van der Waals surface area (Å²) in [6.07, 6.45) is 4.38. The number of ether oxygens (including phenoxy) is 2. The van der Waals surface area contributed by atoms with Gasteiger partial charge in [-0.15, -0.1) is 0 Å². The van der Waals surface area contributed by atoms with E-state index in [9.17, 15) is 4.79 Å². The molecule has 0 saturated carbocycles. The van der Waals surface area contributed by atoms with Crippen LogP contribution in [0.1, 0.15) is 18.4 Å². The molecule has 4 rings (SSSR count). The minimum absolute atomic E-state index is 0.105. The number of likely N-dealkylation sites (tertiary alicyclic amines) is 1. The van der Waals surface area contributed by atoms with Crippen LogP contribution in [0.2, 0.25) is 0 Å². The third kappa shape index (κ3) is 3.99. The Morgan fingerprint density at radius 2 is 2.11 bits per heavy atom. The summed E-state index contributed by atoms with van der Waals surface area (Å²) in [5, 5.41) is 3.46. The van der Waals surface area contributed by atoms with E-state index < -0.39 is 0 Å². The fourth-order valence-corrected chi connectivity index (χ4v) is 3.80. The number of methoxy groups -OCH3 is 1. The highest BCUT2D eigenvalue weighted by atomic mass is 16.5. The molecule has 6 nitrogen and oxygen atoms in total. The number of piperidine rings is 1. The van der Waals surface area contributed by atoms with Crippen LogP contribution < -0.4 is 14.8 Å². The molecule has 6 heteroatoms. The first kappa shape index (κ1) is 17.6. The molecule has 1 aromatic heterocycles. The second-order valence-corrected chi connectivity index (χ2v) is 7.14. The lowest BCUT2D eigenvalue weighted by Crippen LogP contribution is -2.47. The molecule has 1 atom stereocenters. The number of nitrogens with one attached hydrogen (secondary N) is 1. The Morgan fingerprint density at radius 3 is 2.85 bits per heavy atom. The van der Waals surface area contributed by atoms with Crippen molar-refractivity contribution in [3.05, 3.63) is 48.2 Å². The van der Waals surface area contributed by atoms with Crippen molar-refractivity contribution in [2.45, 2.75) is 25.3 Å². The second kappa shape index (κ2) is 7.86. The molecule has 0 aliphatic carbocycles. The van der Waals surface area contributed by atoms with Crippen LogP contribution in [0.4, 0.5) is 5.82 Å². The number of aromatic nitrogens is 1. The number of hydrogen-bond acceptors (Lipinski definition) is 5. The van der Waals surface area contributed by atoms with Gasteiger partial charge in [0.15, 0.2) is 0 Å². The molecule has 1 aromatic carbocycles. The van der Waals surface area contributed by atoms with Crippen molar-refractivity contribution in [2.75, 3.05) is 32.1 Å². The zero-order valence-electron chi connectivity index (χ0n) is 15.6. The first-order valence-electron chi connectivity index (χ1n) is 9.49.